The van der Waals surface area contributed by atoms with Crippen LogP contribution in [0.3, 0.4) is 0 Å². The molecule has 18 heavy (non-hydrogen) atoms. The lowest BCUT2D eigenvalue weighted by Crippen LogP contribution is -1.98. The zero-order valence-corrected chi connectivity index (χ0v) is 10.4. The fourth-order valence-corrected chi connectivity index (χ4v) is 1.07. The fraction of sp³-hybridized carbons (Fsp3) is 0.462. The maximum Gasteiger partial charge on any atom is 0.330 e. The van der Waals surface area contributed by atoms with Gasteiger partial charge in [0.25, 0.3) is 0 Å². The first kappa shape index (κ1) is 16.4. The van der Waals surface area contributed by atoms with E-state index in [0.717, 1.165) is 12.8 Å². The van der Waals surface area contributed by atoms with Gasteiger partial charge in [0.15, 0.2) is 0 Å². The van der Waals surface area contributed by atoms with Gasteiger partial charge in [-0.05, 0) is 26.2 Å². The van der Waals surface area contributed by atoms with E-state index in [2.05, 4.69) is 4.74 Å². The van der Waals surface area contributed by atoms with Crippen LogP contribution in [0.5, 0.6) is 0 Å². The maximum absolute atomic E-state index is 11.5. The predicted molar refractivity (Wildman–Crippen MR) is 65.0 cm³/mol. The average molecular weight is 260 g/mol. The van der Waals surface area contributed by atoms with Gasteiger partial charge in [-0.25, -0.2) is 4.79 Å². The summed E-state index contributed by atoms with van der Waals surface area (Å²) in [5.74, 6) is -0.365. The van der Waals surface area contributed by atoms with Gasteiger partial charge in [0.05, 0.1) is 13.2 Å². The van der Waals surface area contributed by atoms with Crippen molar-refractivity contribution in [2.45, 2.75) is 26.2 Å². The summed E-state index contributed by atoms with van der Waals surface area (Å²) < 4.78 is 32.4. The maximum atomic E-state index is 11.5. The number of hydrogen-bond donors (Lipinski definition) is 0. The van der Waals surface area contributed by atoms with Crippen LogP contribution in [-0.2, 0) is 14.3 Å². The lowest BCUT2D eigenvalue weighted by Gasteiger charge is -1.97. The molecule has 0 spiro atoms. The largest absolute Gasteiger partial charge is 0.496 e. The molecule has 0 atom stereocenters. The van der Waals surface area contributed by atoms with Crippen molar-refractivity contribution in [3.05, 3.63) is 36.6 Å². The third-order valence-electron chi connectivity index (χ3n) is 1.82. The van der Waals surface area contributed by atoms with Crippen molar-refractivity contribution in [3.8, 4) is 0 Å². The molecule has 3 nitrogen and oxygen atoms in total. The van der Waals surface area contributed by atoms with Crippen molar-refractivity contribution in [1.29, 1.82) is 0 Å². The Morgan fingerprint density at radius 2 is 2.00 bits per heavy atom. The highest BCUT2D eigenvalue weighted by molar-refractivity contribution is 5.82. The Kier molecular flexibility index (Phi) is 10.7. The normalized spacial score (nSPS) is 10.8. The van der Waals surface area contributed by atoms with Gasteiger partial charge in [-0.15, -0.1) is 0 Å². The quantitative estimate of drug-likeness (QED) is 0.209. The number of rotatable bonds is 9. The lowest BCUT2D eigenvalue weighted by molar-refractivity contribution is -0.137. The molecule has 0 rings (SSSR count). The van der Waals surface area contributed by atoms with Crippen molar-refractivity contribution in [1.82, 2.24) is 0 Å². The molecule has 0 amide bonds. The molecule has 102 valence electrons. The number of carbonyl (C=O) groups excluding carboxylic acids is 1. The zero-order valence-electron chi connectivity index (χ0n) is 10.4. The highest BCUT2D eigenvalue weighted by atomic mass is 19.3. The Morgan fingerprint density at radius 1 is 1.22 bits per heavy atom. The first-order valence-electron chi connectivity index (χ1n) is 5.79. The van der Waals surface area contributed by atoms with Crippen LogP contribution in [0.2, 0.25) is 0 Å². The molecular formula is C13H18F2O3. The fourth-order valence-electron chi connectivity index (χ4n) is 1.07. The van der Waals surface area contributed by atoms with Gasteiger partial charge in [-0.1, -0.05) is 18.2 Å². The molecule has 0 aromatic rings. The first-order valence-corrected chi connectivity index (χ1v) is 5.79. The molecule has 0 unspecified atom stereocenters. The molecular weight excluding hydrogens is 242 g/mol. The Hall–Kier alpha value is -1.65. The van der Waals surface area contributed by atoms with Crippen LogP contribution in [0.4, 0.5) is 8.78 Å². The van der Waals surface area contributed by atoms with E-state index in [4.69, 9.17) is 4.74 Å². The number of allylic oxidation sites excluding steroid dienone is 3. The highest BCUT2D eigenvalue weighted by Gasteiger charge is 1.90. The minimum absolute atomic E-state index is 0.282. The summed E-state index contributed by atoms with van der Waals surface area (Å²) >= 11 is 0. The van der Waals surface area contributed by atoms with Crippen molar-refractivity contribution < 1.29 is 23.0 Å². The summed E-state index contributed by atoms with van der Waals surface area (Å²) in [6.07, 6.45) is 7.57. The minimum Gasteiger partial charge on any atom is -0.496 e. The van der Waals surface area contributed by atoms with Gasteiger partial charge >= 0.3 is 12.0 Å². The van der Waals surface area contributed by atoms with Crippen molar-refractivity contribution >= 4 is 5.97 Å². The second-order valence-electron chi connectivity index (χ2n) is 3.31. The molecule has 0 N–H and O–H groups in total. The molecule has 0 saturated carbocycles. The van der Waals surface area contributed by atoms with Crippen LogP contribution in [0.25, 0.3) is 0 Å². The van der Waals surface area contributed by atoms with E-state index >= 15 is 0 Å². The van der Waals surface area contributed by atoms with Gasteiger partial charge in [-0.3, -0.25) is 0 Å². The molecule has 0 heterocycles. The Bertz CT molecular complexity index is 305. The molecule has 0 aliphatic rings. The smallest absolute Gasteiger partial charge is 0.330 e. The van der Waals surface area contributed by atoms with E-state index in [1.807, 2.05) is 6.08 Å². The number of esters is 1. The topological polar surface area (TPSA) is 35.5 Å². The molecule has 0 aliphatic carbocycles. The van der Waals surface area contributed by atoms with Crippen LogP contribution in [-0.4, -0.2) is 19.2 Å². The molecule has 0 saturated heterocycles. The van der Waals surface area contributed by atoms with Crippen molar-refractivity contribution in [2.24, 2.45) is 0 Å². The summed E-state index contributed by atoms with van der Waals surface area (Å²) in [6.45, 7) is 2.39. The molecule has 5 heteroatoms. The van der Waals surface area contributed by atoms with Gasteiger partial charge in [0.1, 0.15) is 6.26 Å². The molecule has 0 aliphatic heterocycles. The third kappa shape index (κ3) is 12.4. The molecule has 0 fully saturated rings. The number of unbranched alkanes of at least 4 members (excludes halogenated alkanes) is 2. The Labute approximate surface area is 106 Å². The standard InChI is InChI=1S/C13H18F2O3/c1-2-18-13(16)9-7-5-3-4-6-8-10-17-11-12(14)15/h3,5,7,9,11H,2,4,6,8,10H2,1H3. The van der Waals surface area contributed by atoms with Crippen LogP contribution < -0.4 is 0 Å². The van der Waals surface area contributed by atoms with E-state index in [1.54, 1.807) is 19.1 Å². The molecule has 0 aromatic heterocycles. The molecule has 0 bridgehead atoms. The summed E-state index contributed by atoms with van der Waals surface area (Å²) in [5, 5.41) is 0. The van der Waals surface area contributed by atoms with Gasteiger partial charge in [0, 0.05) is 6.08 Å². The number of halogens is 2. The van der Waals surface area contributed by atoms with Crippen LogP contribution in [0.1, 0.15) is 26.2 Å². The van der Waals surface area contributed by atoms with E-state index in [9.17, 15) is 13.6 Å². The minimum atomic E-state index is -1.82. The molecule has 0 aromatic carbocycles. The van der Waals surface area contributed by atoms with Crippen LogP contribution in [0, 0.1) is 0 Å². The Balaban J connectivity index is 3.43. The SMILES string of the molecule is CCOC(=O)C=CC=CCCCCOC=C(F)F. The number of ether oxygens (including phenoxy) is 2. The molecule has 0 radical (unpaired) electrons. The van der Waals surface area contributed by atoms with E-state index in [0.29, 0.717) is 19.3 Å². The summed E-state index contributed by atoms with van der Waals surface area (Å²) in [4.78, 5) is 10.9. The summed E-state index contributed by atoms with van der Waals surface area (Å²) in [5.41, 5.74) is 0. The van der Waals surface area contributed by atoms with Crippen molar-refractivity contribution in [2.75, 3.05) is 13.2 Å². The lowest BCUT2D eigenvalue weighted by atomic mass is 10.2. The average Bonchev–Trinajstić information content (AvgIpc) is 2.31. The second kappa shape index (κ2) is 11.8. The Morgan fingerprint density at radius 3 is 2.67 bits per heavy atom. The van der Waals surface area contributed by atoms with Gasteiger partial charge < -0.3 is 9.47 Å². The number of hydrogen-bond acceptors (Lipinski definition) is 3. The van der Waals surface area contributed by atoms with Crippen molar-refractivity contribution in [3.63, 3.8) is 0 Å². The summed E-state index contributed by atoms with van der Waals surface area (Å²) in [6, 6.07) is 0. The van der Waals surface area contributed by atoms with Gasteiger partial charge in [0.2, 0.25) is 0 Å². The zero-order chi connectivity index (χ0) is 13.6. The van der Waals surface area contributed by atoms with Crippen LogP contribution >= 0.6 is 0 Å². The highest BCUT2D eigenvalue weighted by Crippen LogP contribution is 2.00. The first-order chi connectivity index (χ1) is 8.66. The van der Waals surface area contributed by atoms with Gasteiger partial charge in [-0.2, -0.15) is 8.78 Å². The van der Waals surface area contributed by atoms with E-state index in [1.165, 1.54) is 6.08 Å². The number of carbonyl (C=O) groups is 1. The van der Waals surface area contributed by atoms with Crippen LogP contribution in [0.15, 0.2) is 36.6 Å². The monoisotopic (exact) mass is 260 g/mol. The van der Waals surface area contributed by atoms with E-state index < -0.39 is 6.08 Å². The predicted octanol–water partition coefficient (Wildman–Crippen LogP) is 3.59. The summed E-state index contributed by atoms with van der Waals surface area (Å²) in [7, 11) is 0. The van der Waals surface area contributed by atoms with E-state index in [-0.39, 0.29) is 12.6 Å². The third-order valence-corrected chi connectivity index (χ3v) is 1.82. The second-order valence-corrected chi connectivity index (χ2v) is 3.31.